The minimum absolute atomic E-state index is 0.00687. The van der Waals surface area contributed by atoms with E-state index >= 15 is 0 Å². The van der Waals surface area contributed by atoms with Crippen molar-refractivity contribution in [3.63, 3.8) is 0 Å². The lowest BCUT2D eigenvalue weighted by Gasteiger charge is -2.18. The summed E-state index contributed by atoms with van der Waals surface area (Å²) in [5.74, 6) is 0.606. The molecule has 1 aliphatic carbocycles. The maximum atomic E-state index is 12.7. The maximum absolute atomic E-state index is 12.7. The number of nitrogens with zero attached hydrogens (tertiary/aromatic N) is 5. The molecule has 9 heteroatoms. The Morgan fingerprint density at radius 1 is 1.48 bits per heavy atom. The van der Waals surface area contributed by atoms with Crippen molar-refractivity contribution in [2.24, 2.45) is 5.21 Å². The standard InChI is InChI=1S/C18H26FN7O/c1-12(24-19)16-17(20)21-11-22-18(16)23-13-7-9-26(10-13)15(27)4-3-8-25(2)14-5-6-14/h3-4,11,13-14H,5-10H2,1-2H3,(H3,20,21,22,23)/b4-3+,24-12+. The van der Waals surface area contributed by atoms with E-state index in [1.807, 2.05) is 6.08 Å². The first-order valence-corrected chi connectivity index (χ1v) is 9.18. The van der Waals surface area contributed by atoms with Crippen LogP contribution in [0.25, 0.3) is 0 Å². The number of rotatable bonds is 7. The molecule has 0 spiro atoms. The molecule has 0 bridgehead atoms. The van der Waals surface area contributed by atoms with Crippen LogP contribution in [0.3, 0.4) is 0 Å². The Bertz CT molecular complexity index is 747. The number of carbonyl (C=O) groups is 1. The van der Waals surface area contributed by atoms with Gasteiger partial charge in [-0.2, -0.15) is 0 Å². The number of likely N-dealkylation sites (tertiary alicyclic amines) is 1. The zero-order valence-corrected chi connectivity index (χ0v) is 15.7. The molecule has 2 heterocycles. The van der Waals surface area contributed by atoms with E-state index in [0.29, 0.717) is 30.5 Å². The van der Waals surface area contributed by atoms with Crippen LogP contribution in [0.15, 0.2) is 23.7 Å². The fraction of sp³-hybridized carbons (Fsp3) is 0.556. The van der Waals surface area contributed by atoms with Crippen LogP contribution >= 0.6 is 0 Å². The summed E-state index contributed by atoms with van der Waals surface area (Å²) in [7, 11) is 2.08. The van der Waals surface area contributed by atoms with Gasteiger partial charge in [0.2, 0.25) is 5.91 Å². The Hall–Kier alpha value is -2.55. The molecule has 1 atom stereocenters. The maximum Gasteiger partial charge on any atom is 0.246 e. The van der Waals surface area contributed by atoms with Gasteiger partial charge in [-0.15, -0.1) is 0 Å². The molecular formula is C18H26FN7O. The molecule has 27 heavy (non-hydrogen) atoms. The lowest BCUT2D eigenvalue weighted by atomic mass is 10.1. The topological polar surface area (TPSA) is 99.7 Å². The Morgan fingerprint density at radius 2 is 2.26 bits per heavy atom. The fourth-order valence-electron chi connectivity index (χ4n) is 3.27. The number of hydrogen-bond acceptors (Lipinski definition) is 7. The number of likely N-dealkylation sites (N-methyl/N-ethyl adjacent to an activating group) is 1. The highest BCUT2D eigenvalue weighted by atomic mass is 19.2. The zero-order chi connectivity index (χ0) is 19.4. The van der Waals surface area contributed by atoms with Crippen molar-refractivity contribution >= 4 is 23.3 Å². The minimum Gasteiger partial charge on any atom is -0.383 e. The number of carbonyl (C=O) groups excluding carboxylic acids is 1. The van der Waals surface area contributed by atoms with Crippen molar-refractivity contribution in [2.75, 3.05) is 37.7 Å². The van der Waals surface area contributed by atoms with E-state index in [9.17, 15) is 9.28 Å². The molecule has 0 radical (unpaired) electrons. The Kier molecular flexibility index (Phi) is 6.00. The SMILES string of the molecule is C/C(=N\F)c1c(N)ncnc1NC1CCN(C(=O)/C=C/CN(C)C2CC2)C1. The molecule has 1 unspecified atom stereocenters. The monoisotopic (exact) mass is 375 g/mol. The zero-order valence-electron chi connectivity index (χ0n) is 15.7. The number of nitrogens with one attached hydrogen (secondary N) is 1. The van der Waals surface area contributed by atoms with Gasteiger partial charge in [-0.3, -0.25) is 9.69 Å². The van der Waals surface area contributed by atoms with Crippen LogP contribution in [0.2, 0.25) is 0 Å². The molecule has 1 aliphatic heterocycles. The summed E-state index contributed by atoms with van der Waals surface area (Å²) in [6, 6.07) is 0.688. The van der Waals surface area contributed by atoms with Crippen molar-refractivity contribution in [3.05, 3.63) is 24.0 Å². The van der Waals surface area contributed by atoms with E-state index in [1.165, 1.54) is 26.1 Å². The van der Waals surface area contributed by atoms with Crippen LogP contribution in [-0.2, 0) is 4.79 Å². The Balaban J connectivity index is 1.56. The third kappa shape index (κ3) is 4.79. The number of anilines is 2. The first-order chi connectivity index (χ1) is 13.0. The smallest absolute Gasteiger partial charge is 0.246 e. The van der Waals surface area contributed by atoms with Crippen LogP contribution < -0.4 is 11.1 Å². The highest BCUT2D eigenvalue weighted by Crippen LogP contribution is 2.25. The predicted octanol–water partition coefficient (Wildman–Crippen LogP) is 1.42. The van der Waals surface area contributed by atoms with Crippen molar-refractivity contribution < 1.29 is 9.28 Å². The highest BCUT2D eigenvalue weighted by Gasteiger charge is 2.27. The number of amides is 1. The number of aromatic nitrogens is 2. The summed E-state index contributed by atoms with van der Waals surface area (Å²) in [6.07, 6.45) is 8.17. The Labute approximate surface area is 158 Å². The molecule has 0 aromatic carbocycles. The highest BCUT2D eigenvalue weighted by molar-refractivity contribution is 6.06. The van der Waals surface area contributed by atoms with E-state index in [4.69, 9.17) is 5.73 Å². The van der Waals surface area contributed by atoms with Gasteiger partial charge in [0.1, 0.15) is 18.0 Å². The van der Waals surface area contributed by atoms with E-state index in [0.717, 1.165) is 13.0 Å². The third-order valence-electron chi connectivity index (χ3n) is 5.03. The van der Waals surface area contributed by atoms with Crippen LogP contribution in [0.1, 0.15) is 31.7 Å². The van der Waals surface area contributed by atoms with Gasteiger partial charge < -0.3 is 16.0 Å². The molecule has 3 N–H and O–H groups in total. The van der Waals surface area contributed by atoms with E-state index in [1.54, 1.807) is 11.0 Å². The number of halogens is 1. The predicted molar refractivity (Wildman–Crippen MR) is 103 cm³/mol. The van der Waals surface area contributed by atoms with Crippen LogP contribution in [0.4, 0.5) is 16.1 Å². The number of nitrogen functional groups attached to an aromatic ring is 1. The first-order valence-electron chi connectivity index (χ1n) is 9.18. The molecule has 3 rings (SSSR count). The lowest BCUT2D eigenvalue weighted by Crippen LogP contribution is -2.31. The summed E-state index contributed by atoms with van der Waals surface area (Å²) < 4.78 is 12.7. The molecular weight excluding hydrogens is 349 g/mol. The molecule has 1 aromatic rings. The second-order valence-electron chi connectivity index (χ2n) is 7.14. The van der Waals surface area contributed by atoms with Crippen LogP contribution in [-0.4, -0.2) is 70.2 Å². The van der Waals surface area contributed by atoms with Crippen LogP contribution in [0.5, 0.6) is 0 Å². The molecule has 2 fully saturated rings. The summed E-state index contributed by atoms with van der Waals surface area (Å²) in [4.78, 5) is 24.5. The van der Waals surface area contributed by atoms with E-state index in [-0.39, 0.29) is 23.5 Å². The molecule has 1 amide bonds. The van der Waals surface area contributed by atoms with E-state index in [2.05, 4.69) is 32.4 Å². The fourth-order valence-corrected chi connectivity index (χ4v) is 3.27. The molecule has 2 aliphatic rings. The molecule has 1 saturated heterocycles. The quantitative estimate of drug-likeness (QED) is 0.552. The second-order valence-corrected chi connectivity index (χ2v) is 7.14. The summed E-state index contributed by atoms with van der Waals surface area (Å²) >= 11 is 0. The van der Waals surface area contributed by atoms with Gasteiger partial charge in [0.05, 0.1) is 11.3 Å². The van der Waals surface area contributed by atoms with Gasteiger partial charge in [-0.1, -0.05) is 15.8 Å². The van der Waals surface area contributed by atoms with Gasteiger partial charge in [0, 0.05) is 37.8 Å². The molecule has 1 saturated carbocycles. The third-order valence-corrected chi connectivity index (χ3v) is 5.03. The average molecular weight is 375 g/mol. The summed E-state index contributed by atoms with van der Waals surface area (Å²) in [5.41, 5.74) is 6.31. The first kappa shape index (κ1) is 19.2. The average Bonchev–Trinajstić information content (AvgIpc) is 3.40. The van der Waals surface area contributed by atoms with E-state index < -0.39 is 0 Å². The largest absolute Gasteiger partial charge is 0.383 e. The summed E-state index contributed by atoms with van der Waals surface area (Å²) in [6.45, 7) is 3.51. The number of nitrogens with two attached hydrogens (primary N) is 1. The van der Waals surface area contributed by atoms with Gasteiger partial charge in [-0.25, -0.2) is 9.97 Å². The molecule has 146 valence electrons. The van der Waals surface area contributed by atoms with Crippen molar-refractivity contribution in [1.29, 1.82) is 0 Å². The second kappa shape index (κ2) is 8.43. The van der Waals surface area contributed by atoms with Gasteiger partial charge in [0.25, 0.3) is 0 Å². The molecule has 8 nitrogen and oxygen atoms in total. The van der Waals surface area contributed by atoms with Crippen molar-refractivity contribution in [3.8, 4) is 0 Å². The van der Waals surface area contributed by atoms with Gasteiger partial charge >= 0.3 is 0 Å². The van der Waals surface area contributed by atoms with Gasteiger partial charge in [0.15, 0.2) is 0 Å². The lowest BCUT2D eigenvalue weighted by molar-refractivity contribution is -0.125. The Morgan fingerprint density at radius 3 is 2.96 bits per heavy atom. The minimum atomic E-state index is 0.00687. The normalized spacial score (nSPS) is 20.7. The van der Waals surface area contributed by atoms with Crippen LogP contribution in [0, 0.1) is 0 Å². The molecule has 1 aromatic heterocycles. The summed E-state index contributed by atoms with van der Waals surface area (Å²) in [5, 5.41) is 5.94. The van der Waals surface area contributed by atoms with Crippen molar-refractivity contribution in [2.45, 2.75) is 38.3 Å². The van der Waals surface area contributed by atoms with Crippen molar-refractivity contribution in [1.82, 2.24) is 19.8 Å². The van der Waals surface area contributed by atoms with Gasteiger partial charge in [-0.05, 0) is 33.2 Å². The number of hydrogen-bond donors (Lipinski definition) is 2.